The van der Waals surface area contributed by atoms with Crippen LogP contribution in [0.15, 0.2) is 12.2 Å². The smallest absolute Gasteiger partial charge is 0.258 e. The van der Waals surface area contributed by atoms with Crippen LogP contribution >= 0.6 is 0 Å². The molecule has 28 heavy (non-hydrogen) atoms. The molecule has 1 N–H and O–H groups in total. The number of hydrogen-bond donors (Lipinski definition) is 1. The summed E-state index contributed by atoms with van der Waals surface area (Å²) >= 11 is 0. The van der Waals surface area contributed by atoms with Gasteiger partial charge >= 0.3 is 0 Å². The van der Waals surface area contributed by atoms with E-state index in [1.807, 2.05) is 13.8 Å². The maximum absolute atomic E-state index is 12.1. The molecule has 2 heterocycles. The molecular weight excluding hydrogens is 390 g/mol. The molecule has 154 valence electrons. The number of nitrogens with zero attached hydrogens (tertiary/aromatic N) is 2. The second-order valence-corrected chi connectivity index (χ2v) is 15.1. The Morgan fingerprint density at radius 2 is 2.00 bits per heavy atom. The lowest BCUT2D eigenvalue weighted by molar-refractivity contribution is -0.114. The van der Waals surface area contributed by atoms with Crippen LogP contribution in [0.4, 0.5) is 0 Å². The Morgan fingerprint density at radius 3 is 2.50 bits per heavy atom. The van der Waals surface area contributed by atoms with Crippen molar-refractivity contribution in [2.45, 2.75) is 78.1 Å². The van der Waals surface area contributed by atoms with Gasteiger partial charge in [0.1, 0.15) is 0 Å². The Kier molecular flexibility index (Phi) is 5.59. The van der Waals surface area contributed by atoms with E-state index in [9.17, 15) is 9.00 Å². The molecule has 2 unspecified atom stereocenters. The summed E-state index contributed by atoms with van der Waals surface area (Å²) in [6.07, 6.45) is 6.74. The molecule has 0 fully saturated rings. The Labute approximate surface area is 171 Å². The largest absolute Gasteiger partial charge is 0.414 e. The van der Waals surface area contributed by atoms with E-state index in [0.29, 0.717) is 5.03 Å². The molecule has 2 aliphatic rings. The maximum Gasteiger partial charge on any atom is 0.258 e. The van der Waals surface area contributed by atoms with Crippen molar-refractivity contribution in [1.29, 1.82) is 0 Å². The lowest BCUT2D eigenvalue weighted by Crippen LogP contribution is -2.44. The first-order valence-electron chi connectivity index (χ1n) is 9.78. The number of nitrogens with one attached hydrogen (secondary N) is 1. The third-order valence-electron chi connectivity index (χ3n) is 6.09. The molecular formula is C20H31N3O3SSi. The van der Waals surface area contributed by atoms with Gasteiger partial charge in [0.05, 0.1) is 5.69 Å². The number of aryl methyl sites for hydroxylation is 1. The zero-order valence-electron chi connectivity index (χ0n) is 17.9. The van der Waals surface area contributed by atoms with Crippen molar-refractivity contribution in [2.75, 3.05) is 0 Å². The van der Waals surface area contributed by atoms with Crippen LogP contribution in [0.1, 0.15) is 57.0 Å². The van der Waals surface area contributed by atoms with Gasteiger partial charge in [-0.1, -0.05) is 26.8 Å². The second-order valence-electron chi connectivity index (χ2n) is 9.18. The standard InChI is InChI=1S/C20H31N3O3SSi/c1-13-19(14(2)23(21-13)18-12-17(24)22-27(18)25)15-8-10-16(11-9-15)26-28(6,7)20(3,4)5/h8,12,16H,9-11H2,1-7H3,(H,22,24). The lowest BCUT2D eigenvalue weighted by Gasteiger charge is -2.40. The minimum absolute atomic E-state index is 0.210. The molecule has 8 heteroatoms. The molecule has 0 spiro atoms. The molecule has 3 rings (SSSR count). The van der Waals surface area contributed by atoms with Gasteiger partial charge in [-0.25, -0.2) is 8.89 Å². The fraction of sp³-hybridized carbons (Fsp3) is 0.600. The monoisotopic (exact) mass is 421 g/mol. The minimum atomic E-state index is -1.77. The summed E-state index contributed by atoms with van der Waals surface area (Å²) in [5.74, 6) is -0.343. The molecule has 1 aromatic heterocycles. The van der Waals surface area contributed by atoms with Crippen LogP contribution in [0.25, 0.3) is 10.6 Å². The molecule has 0 saturated heterocycles. The van der Waals surface area contributed by atoms with Gasteiger partial charge in [0.15, 0.2) is 24.3 Å². The van der Waals surface area contributed by atoms with Crippen LogP contribution in [0.5, 0.6) is 0 Å². The number of rotatable bonds is 4. The normalized spacial score (nSPS) is 23.5. The fourth-order valence-electron chi connectivity index (χ4n) is 3.54. The van der Waals surface area contributed by atoms with Crippen molar-refractivity contribution < 1.29 is 13.4 Å². The van der Waals surface area contributed by atoms with E-state index in [0.717, 1.165) is 36.2 Å². The van der Waals surface area contributed by atoms with Gasteiger partial charge in [-0.2, -0.15) is 5.10 Å². The molecule has 1 amide bonds. The van der Waals surface area contributed by atoms with Gasteiger partial charge in [0.25, 0.3) is 5.91 Å². The van der Waals surface area contributed by atoms with Crippen molar-refractivity contribution in [3.05, 3.63) is 29.1 Å². The average molecular weight is 422 g/mol. The molecule has 6 nitrogen and oxygen atoms in total. The van der Waals surface area contributed by atoms with E-state index < -0.39 is 19.3 Å². The third kappa shape index (κ3) is 3.95. The van der Waals surface area contributed by atoms with Gasteiger partial charge in [-0.05, 0) is 56.8 Å². The molecule has 0 saturated carbocycles. The number of aromatic nitrogens is 2. The highest BCUT2D eigenvalue weighted by molar-refractivity contribution is 7.93. The number of carbonyl (C=O) groups excluding carboxylic acids is 1. The molecule has 0 aromatic carbocycles. The summed E-state index contributed by atoms with van der Waals surface area (Å²) in [4.78, 5) is 11.5. The molecule has 1 aromatic rings. The van der Waals surface area contributed by atoms with Crippen LogP contribution in [0, 0.1) is 13.8 Å². The second kappa shape index (κ2) is 7.39. The predicted octanol–water partition coefficient (Wildman–Crippen LogP) is 4.05. The van der Waals surface area contributed by atoms with Gasteiger partial charge in [-0.3, -0.25) is 9.52 Å². The van der Waals surface area contributed by atoms with Crippen LogP contribution < -0.4 is 4.72 Å². The maximum atomic E-state index is 12.1. The molecule has 0 bridgehead atoms. The van der Waals surface area contributed by atoms with Gasteiger partial charge in [-0.15, -0.1) is 0 Å². The summed E-state index contributed by atoms with van der Waals surface area (Å²) in [7, 11) is -3.32. The first-order chi connectivity index (χ1) is 12.9. The van der Waals surface area contributed by atoms with E-state index in [4.69, 9.17) is 4.43 Å². The van der Waals surface area contributed by atoms with Crippen molar-refractivity contribution in [3.63, 3.8) is 0 Å². The highest BCUT2D eigenvalue weighted by atomic mass is 32.2. The van der Waals surface area contributed by atoms with Crippen molar-refractivity contribution in [1.82, 2.24) is 14.5 Å². The number of hydrogen-bond acceptors (Lipinski definition) is 4. The highest BCUT2D eigenvalue weighted by Gasteiger charge is 2.39. The van der Waals surface area contributed by atoms with Crippen LogP contribution in [0.2, 0.25) is 18.1 Å². The number of amides is 1. The Morgan fingerprint density at radius 1 is 1.32 bits per heavy atom. The molecule has 0 radical (unpaired) electrons. The van der Waals surface area contributed by atoms with Gasteiger partial charge in [0.2, 0.25) is 0 Å². The van der Waals surface area contributed by atoms with E-state index >= 15 is 0 Å². The third-order valence-corrected chi connectivity index (χ3v) is 11.7. The van der Waals surface area contributed by atoms with Crippen LogP contribution in [-0.4, -0.2) is 34.3 Å². The Hall–Kier alpha value is -1.51. The van der Waals surface area contributed by atoms with E-state index in [-0.39, 0.29) is 17.0 Å². The summed E-state index contributed by atoms with van der Waals surface area (Å²) in [5.41, 5.74) is 4.18. The summed E-state index contributed by atoms with van der Waals surface area (Å²) in [5, 5.41) is 5.17. The Balaban J connectivity index is 1.81. The first kappa shape index (κ1) is 21.2. The first-order valence-corrected chi connectivity index (χ1v) is 13.8. The predicted molar refractivity (Wildman–Crippen MR) is 116 cm³/mol. The fourth-order valence-corrected chi connectivity index (χ4v) is 5.83. The number of allylic oxidation sites excluding steroid dienone is 1. The molecule has 1 aliphatic heterocycles. The van der Waals surface area contributed by atoms with Crippen LogP contribution in [0.3, 0.4) is 0 Å². The molecule has 1 aliphatic carbocycles. The molecule has 2 atom stereocenters. The van der Waals surface area contributed by atoms with Crippen molar-refractivity contribution in [3.8, 4) is 0 Å². The van der Waals surface area contributed by atoms with Crippen LogP contribution in [-0.2, 0) is 20.2 Å². The van der Waals surface area contributed by atoms with E-state index in [2.05, 4.69) is 49.8 Å². The number of carbonyl (C=O) groups is 1. The lowest BCUT2D eigenvalue weighted by atomic mass is 9.91. The van der Waals surface area contributed by atoms with Gasteiger partial charge in [0, 0.05) is 23.4 Å². The van der Waals surface area contributed by atoms with E-state index in [1.54, 1.807) is 4.68 Å². The average Bonchev–Trinajstić information content (AvgIpc) is 3.05. The quantitative estimate of drug-likeness (QED) is 0.745. The zero-order chi connectivity index (χ0) is 20.9. The van der Waals surface area contributed by atoms with E-state index in [1.165, 1.54) is 11.6 Å². The SMILES string of the molecule is Cc1nn(C2=CC(=O)NS2=O)c(C)c1C1=CCC(O[Si](C)(C)C(C)(C)C)CC1. The topological polar surface area (TPSA) is 73.2 Å². The highest BCUT2D eigenvalue weighted by Crippen LogP contribution is 2.40. The van der Waals surface area contributed by atoms with Crippen molar-refractivity contribution in [2.24, 2.45) is 0 Å². The summed E-state index contributed by atoms with van der Waals surface area (Å²) < 4.78 is 22.7. The zero-order valence-corrected chi connectivity index (χ0v) is 19.7. The van der Waals surface area contributed by atoms with Gasteiger partial charge < -0.3 is 4.43 Å². The Bertz CT molecular complexity index is 893. The van der Waals surface area contributed by atoms with Crippen molar-refractivity contribution >= 4 is 35.8 Å². The minimum Gasteiger partial charge on any atom is -0.414 e. The summed E-state index contributed by atoms with van der Waals surface area (Å²) in [6.45, 7) is 15.3. The summed E-state index contributed by atoms with van der Waals surface area (Å²) in [6, 6.07) is 0.